The summed E-state index contributed by atoms with van der Waals surface area (Å²) in [6.45, 7) is 4.30. The van der Waals surface area contributed by atoms with E-state index in [-0.39, 0.29) is 12.0 Å². The number of aliphatic hydroxyl groups is 1. The van der Waals surface area contributed by atoms with Gasteiger partial charge in [0.25, 0.3) is 0 Å². The van der Waals surface area contributed by atoms with E-state index in [2.05, 4.69) is 4.98 Å². The lowest BCUT2D eigenvalue weighted by atomic mass is 10.1. The first-order valence-corrected chi connectivity index (χ1v) is 8.27. The number of aliphatic hydroxyl groups excluding tert-OH is 1. The zero-order valence-electron chi connectivity index (χ0n) is 13.2. The minimum Gasteiger partial charge on any atom is -0.393 e. The molecule has 118 valence electrons. The van der Waals surface area contributed by atoms with Crippen molar-refractivity contribution in [2.45, 2.75) is 32.8 Å². The van der Waals surface area contributed by atoms with Gasteiger partial charge in [-0.05, 0) is 25.8 Å². The maximum Gasteiger partial charge on any atom is 0.226 e. The molecule has 1 atom stereocenters. The average Bonchev–Trinajstić information content (AvgIpc) is 2.92. The molecule has 1 unspecified atom stereocenters. The van der Waals surface area contributed by atoms with Crippen LogP contribution in [0.25, 0.3) is 11.3 Å². The van der Waals surface area contributed by atoms with E-state index in [1.807, 2.05) is 36.6 Å². The quantitative estimate of drug-likeness (QED) is 0.891. The van der Waals surface area contributed by atoms with Crippen LogP contribution in [-0.2, 0) is 11.2 Å². The minimum absolute atomic E-state index is 0.0675. The summed E-state index contributed by atoms with van der Waals surface area (Å²) in [6.07, 6.45) is 0.605. The number of nitrogens with zero attached hydrogens (tertiary/aromatic N) is 2. The van der Waals surface area contributed by atoms with E-state index in [0.29, 0.717) is 19.4 Å². The lowest BCUT2D eigenvalue weighted by Crippen LogP contribution is -2.30. The van der Waals surface area contributed by atoms with Crippen LogP contribution in [-0.4, -0.2) is 40.6 Å². The van der Waals surface area contributed by atoms with Crippen LogP contribution < -0.4 is 0 Å². The van der Waals surface area contributed by atoms with Gasteiger partial charge in [-0.15, -0.1) is 11.3 Å². The summed E-state index contributed by atoms with van der Waals surface area (Å²) in [4.78, 5) is 18.2. The second-order valence-electron chi connectivity index (χ2n) is 5.58. The molecule has 4 nitrogen and oxygen atoms in total. The molecule has 0 spiro atoms. The fraction of sp³-hybridized carbons (Fsp3) is 0.412. The molecule has 0 aliphatic heterocycles. The van der Waals surface area contributed by atoms with Gasteiger partial charge >= 0.3 is 0 Å². The molecule has 1 N–H and O–H groups in total. The molecule has 1 aromatic carbocycles. The normalized spacial score (nSPS) is 12.2. The number of hydrogen-bond donors (Lipinski definition) is 1. The van der Waals surface area contributed by atoms with Crippen molar-refractivity contribution < 1.29 is 9.90 Å². The fourth-order valence-electron chi connectivity index (χ4n) is 2.10. The predicted octanol–water partition coefficient (Wildman–Crippen LogP) is 2.89. The first-order chi connectivity index (χ1) is 10.5. The molecular weight excluding hydrogens is 296 g/mol. The van der Waals surface area contributed by atoms with Crippen LogP contribution >= 0.6 is 11.3 Å². The molecule has 1 aromatic heterocycles. The summed E-state index contributed by atoms with van der Waals surface area (Å²) >= 11 is 1.63. The summed E-state index contributed by atoms with van der Waals surface area (Å²) in [5, 5.41) is 12.4. The Morgan fingerprint density at radius 1 is 1.36 bits per heavy atom. The SMILES string of the molecule is Cc1nc(-c2ccc(CC(=O)N(C)CCC(C)O)cc2)cs1. The van der Waals surface area contributed by atoms with Crippen molar-refractivity contribution in [1.29, 1.82) is 0 Å². The number of aryl methyl sites for hydroxylation is 1. The summed E-state index contributed by atoms with van der Waals surface area (Å²) in [5.41, 5.74) is 3.04. The first-order valence-electron chi connectivity index (χ1n) is 7.39. The van der Waals surface area contributed by atoms with Crippen molar-refractivity contribution in [3.8, 4) is 11.3 Å². The second kappa shape index (κ2) is 7.51. The smallest absolute Gasteiger partial charge is 0.226 e. The standard InChI is InChI=1S/C17H22N2O2S/c1-12(20)8-9-19(3)17(21)10-14-4-6-15(7-5-14)16-11-22-13(2)18-16/h4-7,11-12,20H,8-10H2,1-3H3. The van der Waals surface area contributed by atoms with Crippen LogP contribution in [0.3, 0.4) is 0 Å². The minimum atomic E-state index is -0.379. The van der Waals surface area contributed by atoms with Gasteiger partial charge in [0.1, 0.15) is 0 Å². The highest BCUT2D eigenvalue weighted by Gasteiger charge is 2.11. The van der Waals surface area contributed by atoms with Crippen molar-refractivity contribution in [2.24, 2.45) is 0 Å². The van der Waals surface area contributed by atoms with Crippen molar-refractivity contribution in [3.05, 3.63) is 40.2 Å². The number of benzene rings is 1. The van der Waals surface area contributed by atoms with Crippen LogP contribution in [0, 0.1) is 6.92 Å². The van der Waals surface area contributed by atoms with Gasteiger partial charge in [-0.25, -0.2) is 4.98 Å². The van der Waals surface area contributed by atoms with E-state index >= 15 is 0 Å². The summed E-state index contributed by atoms with van der Waals surface area (Å²) in [5.74, 6) is 0.0675. The molecule has 2 rings (SSSR count). The largest absolute Gasteiger partial charge is 0.393 e. The monoisotopic (exact) mass is 318 g/mol. The Hall–Kier alpha value is -1.72. The highest BCUT2D eigenvalue weighted by atomic mass is 32.1. The number of carbonyl (C=O) groups is 1. The molecule has 0 saturated carbocycles. The molecule has 0 bridgehead atoms. The van der Waals surface area contributed by atoms with Gasteiger partial charge in [-0.1, -0.05) is 24.3 Å². The van der Waals surface area contributed by atoms with Crippen LogP contribution in [0.15, 0.2) is 29.6 Å². The molecule has 0 aliphatic rings. The first kappa shape index (κ1) is 16.6. The van der Waals surface area contributed by atoms with Crippen molar-refractivity contribution >= 4 is 17.2 Å². The molecule has 2 aromatic rings. The van der Waals surface area contributed by atoms with Crippen LogP contribution in [0.2, 0.25) is 0 Å². The van der Waals surface area contributed by atoms with Gasteiger partial charge in [0, 0.05) is 24.5 Å². The van der Waals surface area contributed by atoms with Crippen LogP contribution in [0.4, 0.5) is 0 Å². The lowest BCUT2D eigenvalue weighted by molar-refractivity contribution is -0.129. The number of thiazole rings is 1. The van der Waals surface area contributed by atoms with Crippen LogP contribution in [0.1, 0.15) is 23.9 Å². The number of hydrogen-bond acceptors (Lipinski definition) is 4. The number of carbonyl (C=O) groups excluding carboxylic acids is 1. The van der Waals surface area contributed by atoms with Gasteiger partial charge in [-0.3, -0.25) is 4.79 Å². The topological polar surface area (TPSA) is 53.4 Å². The Labute approximate surface area is 135 Å². The Morgan fingerprint density at radius 2 is 2.05 bits per heavy atom. The molecule has 0 saturated heterocycles. The van der Waals surface area contributed by atoms with Gasteiger partial charge in [0.05, 0.1) is 23.2 Å². The van der Waals surface area contributed by atoms with Gasteiger partial charge in [0.2, 0.25) is 5.91 Å². The molecule has 1 heterocycles. The van der Waals surface area contributed by atoms with E-state index in [1.54, 1.807) is 30.2 Å². The van der Waals surface area contributed by atoms with E-state index in [1.165, 1.54) is 0 Å². The number of aromatic nitrogens is 1. The highest BCUT2D eigenvalue weighted by molar-refractivity contribution is 7.09. The number of likely N-dealkylation sites (N-methyl/N-ethyl adjacent to an activating group) is 1. The van der Waals surface area contributed by atoms with Crippen molar-refractivity contribution in [2.75, 3.05) is 13.6 Å². The Balaban J connectivity index is 1.95. The zero-order valence-corrected chi connectivity index (χ0v) is 14.1. The molecule has 0 aliphatic carbocycles. The maximum atomic E-state index is 12.1. The lowest BCUT2D eigenvalue weighted by Gasteiger charge is -2.18. The van der Waals surface area contributed by atoms with Crippen molar-refractivity contribution in [3.63, 3.8) is 0 Å². The molecule has 22 heavy (non-hydrogen) atoms. The Kier molecular flexibility index (Phi) is 5.69. The predicted molar refractivity (Wildman–Crippen MR) is 89.9 cm³/mol. The maximum absolute atomic E-state index is 12.1. The van der Waals surface area contributed by atoms with Gasteiger partial charge < -0.3 is 10.0 Å². The third-order valence-electron chi connectivity index (χ3n) is 3.53. The third kappa shape index (κ3) is 4.64. The molecule has 1 amide bonds. The van der Waals surface area contributed by atoms with Gasteiger partial charge in [-0.2, -0.15) is 0 Å². The Bertz CT molecular complexity index is 620. The van der Waals surface area contributed by atoms with Crippen LogP contribution in [0.5, 0.6) is 0 Å². The van der Waals surface area contributed by atoms with E-state index in [9.17, 15) is 9.90 Å². The summed E-state index contributed by atoms with van der Waals surface area (Å²) in [7, 11) is 1.77. The third-order valence-corrected chi connectivity index (χ3v) is 4.31. The van der Waals surface area contributed by atoms with Crippen molar-refractivity contribution in [1.82, 2.24) is 9.88 Å². The molecule has 0 radical (unpaired) electrons. The highest BCUT2D eigenvalue weighted by Crippen LogP contribution is 2.22. The van der Waals surface area contributed by atoms with E-state index < -0.39 is 0 Å². The summed E-state index contributed by atoms with van der Waals surface area (Å²) < 4.78 is 0. The van der Waals surface area contributed by atoms with Gasteiger partial charge in [0.15, 0.2) is 0 Å². The average molecular weight is 318 g/mol. The second-order valence-corrected chi connectivity index (χ2v) is 6.64. The fourth-order valence-corrected chi connectivity index (χ4v) is 2.73. The zero-order chi connectivity index (χ0) is 16.1. The molecular formula is C17H22N2O2S. The number of rotatable bonds is 6. The van der Waals surface area contributed by atoms with E-state index in [4.69, 9.17) is 0 Å². The van der Waals surface area contributed by atoms with E-state index in [0.717, 1.165) is 21.8 Å². The Morgan fingerprint density at radius 3 is 2.59 bits per heavy atom. The number of amides is 1. The summed E-state index contributed by atoms with van der Waals surface area (Å²) in [6, 6.07) is 7.97. The molecule has 0 fully saturated rings. The molecule has 5 heteroatoms.